The van der Waals surface area contributed by atoms with Crippen LogP contribution in [0, 0.1) is 20.8 Å². The van der Waals surface area contributed by atoms with E-state index in [0.29, 0.717) is 0 Å². The minimum atomic E-state index is 1.02. The van der Waals surface area contributed by atoms with Crippen LogP contribution in [0.5, 0.6) is 0 Å². The highest BCUT2D eigenvalue weighted by Gasteiger charge is 2.21. The van der Waals surface area contributed by atoms with E-state index < -0.39 is 0 Å². The Kier molecular flexibility index (Phi) is 4.53. The maximum atomic E-state index is 2.43. The van der Waals surface area contributed by atoms with Gasteiger partial charge in [0.1, 0.15) is 0 Å². The highest BCUT2D eigenvalue weighted by molar-refractivity contribution is 7.26. The lowest BCUT2D eigenvalue weighted by Gasteiger charge is -2.13. The zero-order chi connectivity index (χ0) is 23.7. The Hall–Kier alpha value is -3.68. The minimum absolute atomic E-state index is 1.02. The number of thiophene rings is 1. The minimum Gasteiger partial charge on any atom is -0.135 e. The molecule has 1 heteroatoms. The normalized spacial score (nSPS) is 12.3. The molecule has 0 N–H and O–H groups in total. The summed E-state index contributed by atoms with van der Waals surface area (Å²) in [5.41, 5.74) is 15.0. The van der Waals surface area contributed by atoms with Crippen LogP contribution < -0.4 is 0 Å². The highest BCUT2D eigenvalue weighted by atomic mass is 32.1. The van der Waals surface area contributed by atoms with Crippen LogP contribution in [0.15, 0.2) is 91.0 Å². The Bertz CT molecular complexity index is 1770. The number of fused-ring (bicyclic) bond motifs is 6. The van der Waals surface area contributed by atoms with Crippen molar-refractivity contribution in [1.29, 1.82) is 0 Å². The first-order valence-electron chi connectivity index (χ1n) is 12.3. The maximum Gasteiger partial charge on any atom is 0.0433 e. The molecule has 5 aromatic carbocycles. The van der Waals surface area contributed by atoms with Crippen molar-refractivity contribution in [1.82, 2.24) is 0 Å². The average molecular weight is 467 g/mol. The van der Waals surface area contributed by atoms with Gasteiger partial charge in [0.05, 0.1) is 0 Å². The molecule has 0 unspecified atom stereocenters. The van der Waals surface area contributed by atoms with Crippen molar-refractivity contribution in [3.05, 3.63) is 119 Å². The van der Waals surface area contributed by atoms with Crippen molar-refractivity contribution in [2.75, 3.05) is 0 Å². The quantitative estimate of drug-likeness (QED) is 0.238. The van der Waals surface area contributed by atoms with Gasteiger partial charge in [-0.25, -0.2) is 0 Å². The molecule has 0 nitrogen and oxygen atoms in total. The summed E-state index contributed by atoms with van der Waals surface area (Å²) >= 11 is 1.91. The Morgan fingerprint density at radius 2 is 1.23 bits per heavy atom. The van der Waals surface area contributed by atoms with Crippen LogP contribution in [0.1, 0.15) is 27.8 Å². The lowest BCUT2D eigenvalue weighted by Crippen LogP contribution is -1.91. The van der Waals surface area contributed by atoms with Gasteiger partial charge in [0.25, 0.3) is 0 Å². The van der Waals surface area contributed by atoms with E-state index in [9.17, 15) is 0 Å². The Labute approximate surface area is 210 Å². The van der Waals surface area contributed by atoms with E-state index in [1.807, 2.05) is 11.3 Å². The third-order valence-corrected chi connectivity index (χ3v) is 8.79. The van der Waals surface area contributed by atoms with E-state index in [1.54, 1.807) is 0 Å². The van der Waals surface area contributed by atoms with Crippen molar-refractivity contribution >= 4 is 31.5 Å². The van der Waals surface area contributed by atoms with Gasteiger partial charge in [0, 0.05) is 20.2 Å². The summed E-state index contributed by atoms with van der Waals surface area (Å²) in [5, 5.41) is 2.71. The summed E-state index contributed by atoms with van der Waals surface area (Å²) in [4.78, 5) is 0. The van der Waals surface area contributed by atoms with Crippen LogP contribution in [0.4, 0.5) is 0 Å². The van der Waals surface area contributed by atoms with Crippen molar-refractivity contribution in [2.45, 2.75) is 27.2 Å². The van der Waals surface area contributed by atoms with E-state index in [-0.39, 0.29) is 0 Å². The Morgan fingerprint density at radius 3 is 2.00 bits per heavy atom. The molecule has 1 heterocycles. The molecule has 0 saturated carbocycles. The molecule has 35 heavy (non-hydrogen) atoms. The maximum absolute atomic E-state index is 2.43. The number of hydrogen-bond acceptors (Lipinski definition) is 1. The van der Waals surface area contributed by atoms with Crippen molar-refractivity contribution in [2.24, 2.45) is 0 Å². The predicted molar refractivity (Wildman–Crippen MR) is 153 cm³/mol. The fourth-order valence-corrected chi connectivity index (χ4v) is 7.34. The summed E-state index contributed by atoms with van der Waals surface area (Å²) in [6.07, 6.45) is 1.02. The summed E-state index contributed by atoms with van der Waals surface area (Å²) in [6.45, 7) is 6.65. The molecule has 0 radical (unpaired) electrons. The average Bonchev–Trinajstić information content (AvgIpc) is 3.41. The smallest absolute Gasteiger partial charge is 0.0433 e. The summed E-state index contributed by atoms with van der Waals surface area (Å²) in [6, 6.07) is 34.3. The topological polar surface area (TPSA) is 0 Å². The second-order valence-electron chi connectivity index (χ2n) is 9.97. The van der Waals surface area contributed by atoms with Gasteiger partial charge >= 0.3 is 0 Å². The molecular formula is C34H26S. The van der Waals surface area contributed by atoms with Gasteiger partial charge in [-0.3, -0.25) is 0 Å². The van der Waals surface area contributed by atoms with E-state index in [0.717, 1.165) is 6.42 Å². The molecular weight excluding hydrogens is 440 g/mol. The van der Waals surface area contributed by atoms with Crippen LogP contribution in [0.2, 0.25) is 0 Å². The zero-order valence-corrected chi connectivity index (χ0v) is 21.1. The number of rotatable bonds is 2. The van der Waals surface area contributed by atoms with Crippen LogP contribution in [-0.2, 0) is 6.42 Å². The first-order valence-corrected chi connectivity index (χ1v) is 13.1. The molecule has 0 atom stereocenters. The largest absolute Gasteiger partial charge is 0.135 e. The number of hydrogen-bond donors (Lipinski definition) is 0. The lowest BCUT2D eigenvalue weighted by molar-refractivity contribution is 1.26. The van der Waals surface area contributed by atoms with E-state index in [1.165, 1.54) is 81.4 Å². The molecule has 0 amide bonds. The van der Waals surface area contributed by atoms with Gasteiger partial charge in [-0.15, -0.1) is 11.3 Å². The molecule has 1 aliphatic carbocycles. The van der Waals surface area contributed by atoms with Gasteiger partial charge in [0.15, 0.2) is 0 Å². The molecule has 168 valence electrons. The summed E-state index contributed by atoms with van der Waals surface area (Å²) in [5.74, 6) is 0. The molecule has 6 aromatic rings. The second-order valence-corrected chi connectivity index (χ2v) is 11.0. The van der Waals surface area contributed by atoms with Crippen molar-refractivity contribution in [3.63, 3.8) is 0 Å². The third-order valence-electron chi connectivity index (χ3n) is 7.57. The van der Waals surface area contributed by atoms with Crippen LogP contribution in [0.3, 0.4) is 0 Å². The standard InChI is InChI=1S/C34H26S/c1-20-15-21(2)33(22(3)16-20)26-14-13-24-17-23-11-12-25(18-30(23)31(24)19-26)27-8-6-9-29-28-7-4-5-10-32(28)35-34(27)29/h4-16,18-19H,17H2,1-3H3. The molecule has 0 spiro atoms. The van der Waals surface area contributed by atoms with E-state index in [4.69, 9.17) is 0 Å². The monoisotopic (exact) mass is 466 g/mol. The lowest BCUT2D eigenvalue weighted by atomic mass is 9.91. The van der Waals surface area contributed by atoms with Gasteiger partial charge in [-0.1, -0.05) is 78.4 Å². The summed E-state index contributed by atoms with van der Waals surface area (Å²) in [7, 11) is 0. The predicted octanol–water partition coefficient (Wildman–Crippen LogP) is 9.88. The summed E-state index contributed by atoms with van der Waals surface area (Å²) < 4.78 is 2.74. The van der Waals surface area contributed by atoms with E-state index >= 15 is 0 Å². The first-order chi connectivity index (χ1) is 17.1. The SMILES string of the molecule is Cc1cc(C)c(-c2ccc3c(c2)-c2cc(-c4cccc5c4sc4ccccc45)ccc2C3)c(C)c1. The fraction of sp³-hybridized carbons (Fsp3) is 0.118. The molecule has 1 aliphatic rings. The Morgan fingerprint density at radius 1 is 0.571 bits per heavy atom. The van der Waals surface area contributed by atoms with Gasteiger partial charge in [-0.05, 0) is 101 Å². The number of benzene rings is 5. The van der Waals surface area contributed by atoms with Gasteiger partial charge in [0.2, 0.25) is 0 Å². The number of aryl methyl sites for hydroxylation is 3. The molecule has 0 saturated heterocycles. The first kappa shape index (κ1) is 20.7. The highest BCUT2D eigenvalue weighted by Crippen LogP contribution is 2.44. The van der Waals surface area contributed by atoms with Crippen LogP contribution in [-0.4, -0.2) is 0 Å². The zero-order valence-electron chi connectivity index (χ0n) is 20.3. The molecule has 7 rings (SSSR count). The second kappa shape index (κ2) is 7.66. The van der Waals surface area contributed by atoms with Crippen LogP contribution in [0.25, 0.3) is 53.6 Å². The molecule has 0 aliphatic heterocycles. The van der Waals surface area contributed by atoms with Crippen molar-refractivity contribution < 1.29 is 0 Å². The molecule has 0 fully saturated rings. The van der Waals surface area contributed by atoms with Crippen molar-refractivity contribution in [3.8, 4) is 33.4 Å². The molecule has 0 bridgehead atoms. The van der Waals surface area contributed by atoms with E-state index in [2.05, 4.69) is 112 Å². The fourth-order valence-electron chi connectivity index (χ4n) is 6.10. The third kappa shape index (κ3) is 3.19. The van der Waals surface area contributed by atoms with Crippen LogP contribution >= 0.6 is 11.3 Å². The van der Waals surface area contributed by atoms with Gasteiger partial charge < -0.3 is 0 Å². The molecule has 1 aromatic heterocycles. The van der Waals surface area contributed by atoms with Gasteiger partial charge in [-0.2, -0.15) is 0 Å². The Balaban J connectivity index is 1.39.